The highest BCUT2D eigenvalue weighted by molar-refractivity contribution is 9.10. The Morgan fingerprint density at radius 2 is 2.22 bits per heavy atom. The molecule has 18 heavy (non-hydrogen) atoms. The number of carbonyl (C=O) groups excluding carboxylic acids is 2. The molecule has 0 bridgehead atoms. The van der Waals surface area contributed by atoms with Crippen molar-refractivity contribution in [1.82, 2.24) is 10.3 Å². The smallest absolute Gasteiger partial charge is 0.331 e. The molecule has 1 amide bonds. The largest absolute Gasteiger partial charge is 0.489 e. The van der Waals surface area contributed by atoms with Crippen LogP contribution < -0.4 is 10.1 Å². The number of rotatable bonds is 5. The Kier molecular flexibility index (Phi) is 5.57. The number of nitrogens with one attached hydrogen (secondary N) is 1. The van der Waals surface area contributed by atoms with Crippen molar-refractivity contribution in [3.8, 4) is 5.75 Å². The quantitative estimate of drug-likeness (QED) is 0.817. The van der Waals surface area contributed by atoms with Gasteiger partial charge < -0.3 is 14.8 Å². The molecule has 1 aromatic rings. The molecule has 1 rings (SSSR count). The summed E-state index contributed by atoms with van der Waals surface area (Å²) in [5.41, 5.74) is 0. The molecule has 7 heteroatoms. The summed E-state index contributed by atoms with van der Waals surface area (Å²) in [4.78, 5) is 26.3. The lowest BCUT2D eigenvalue weighted by molar-refractivity contribution is -0.145. The number of esters is 1. The van der Waals surface area contributed by atoms with E-state index >= 15 is 0 Å². The van der Waals surface area contributed by atoms with Crippen molar-refractivity contribution in [2.45, 2.75) is 13.0 Å². The number of hydrogen-bond acceptors (Lipinski definition) is 5. The topological polar surface area (TPSA) is 77.5 Å². The van der Waals surface area contributed by atoms with E-state index in [0.29, 0.717) is 5.75 Å². The Morgan fingerprint density at radius 3 is 2.78 bits per heavy atom. The van der Waals surface area contributed by atoms with Crippen LogP contribution in [0.25, 0.3) is 0 Å². The fourth-order valence-corrected chi connectivity index (χ4v) is 1.55. The van der Waals surface area contributed by atoms with Crippen LogP contribution in [0.1, 0.15) is 6.92 Å². The second kappa shape index (κ2) is 6.95. The summed E-state index contributed by atoms with van der Waals surface area (Å²) in [5, 5.41) is 2.44. The molecule has 0 aliphatic heterocycles. The molecule has 0 saturated heterocycles. The molecule has 1 aromatic heterocycles. The number of amides is 1. The molecule has 0 aliphatic carbocycles. The number of aromatic nitrogens is 1. The summed E-state index contributed by atoms with van der Waals surface area (Å²) < 4.78 is 10.7. The molecule has 1 N–H and O–H groups in total. The summed E-state index contributed by atoms with van der Waals surface area (Å²) in [7, 11) is 1.25. The first kappa shape index (κ1) is 14.4. The Balaban J connectivity index is 2.61. The van der Waals surface area contributed by atoms with Crippen molar-refractivity contribution in [3.05, 3.63) is 22.9 Å². The van der Waals surface area contributed by atoms with E-state index in [9.17, 15) is 9.59 Å². The molecule has 98 valence electrons. The van der Waals surface area contributed by atoms with E-state index in [1.165, 1.54) is 20.2 Å². The van der Waals surface area contributed by atoms with Gasteiger partial charge in [0, 0.05) is 17.6 Å². The fraction of sp³-hybridized carbons (Fsp3) is 0.364. The summed E-state index contributed by atoms with van der Waals surface area (Å²) >= 11 is 3.25. The molecule has 0 spiro atoms. The van der Waals surface area contributed by atoms with E-state index in [-0.39, 0.29) is 12.5 Å². The number of hydrogen-bond donors (Lipinski definition) is 1. The highest BCUT2D eigenvalue weighted by Crippen LogP contribution is 2.15. The lowest BCUT2D eigenvalue weighted by Gasteiger charge is -2.16. The van der Waals surface area contributed by atoms with E-state index in [1.54, 1.807) is 12.3 Å². The molecule has 1 atom stereocenters. The monoisotopic (exact) mass is 316 g/mol. The Morgan fingerprint density at radius 1 is 1.50 bits per heavy atom. The van der Waals surface area contributed by atoms with Crippen LogP contribution in [0, 0.1) is 0 Å². The number of nitrogens with zero attached hydrogens (tertiary/aromatic N) is 1. The van der Waals surface area contributed by atoms with Gasteiger partial charge in [-0.1, -0.05) is 0 Å². The normalized spacial score (nSPS) is 11.5. The Labute approximate surface area is 113 Å². The maximum absolute atomic E-state index is 11.4. The molecule has 1 heterocycles. The maximum atomic E-state index is 11.4. The van der Waals surface area contributed by atoms with Crippen LogP contribution >= 0.6 is 15.9 Å². The van der Waals surface area contributed by atoms with Gasteiger partial charge in [0.2, 0.25) is 5.91 Å². The van der Waals surface area contributed by atoms with Crippen molar-refractivity contribution in [2.24, 2.45) is 0 Å². The van der Waals surface area contributed by atoms with E-state index in [4.69, 9.17) is 4.74 Å². The van der Waals surface area contributed by atoms with Gasteiger partial charge in [0.05, 0.1) is 13.3 Å². The predicted octanol–water partition coefficient (Wildman–Crippen LogP) is 0.901. The number of methoxy groups -OCH3 is 1. The van der Waals surface area contributed by atoms with Gasteiger partial charge in [-0.05, 0) is 22.0 Å². The first-order valence-electron chi connectivity index (χ1n) is 5.11. The maximum Gasteiger partial charge on any atom is 0.331 e. The fourth-order valence-electron chi connectivity index (χ4n) is 1.21. The molecule has 6 nitrogen and oxygen atoms in total. The van der Waals surface area contributed by atoms with Crippen LogP contribution in [0.3, 0.4) is 0 Å². The van der Waals surface area contributed by atoms with E-state index in [2.05, 4.69) is 31.0 Å². The average Bonchev–Trinajstić information content (AvgIpc) is 2.33. The van der Waals surface area contributed by atoms with Crippen LogP contribution in [0.15, 0.2) is 22.9 Å². The minimum absolute atomic E-state index is 0.0234. The number of pyridine rings is 1. The Hall–Kier alpha value is -1.63. The van der Waals surface area contributed by atoms with Gasteiger partial charge in [0.15, 0.2) is 6.04 Å². The van der Waals surface area contributed by atoms with Crippen LogP contribution in [-0.2, 0) is 14.3 Å². The van der Waals surface area contributed by atoms with Gasteiger partial charge in [0.25, 0.3) is 0 Å². The van der Waals surface area contributed by atoms with Gasteiger partial charge >= 0.3 is 5.97 Å². The lowest BCUT2D eigenvalue weighted by atomic mass is 10.3. The molecule has 0 aliphatic rings. The van der Waals surface area contributed by atoms with Gasteiger partial charge in [-0.2, -0.15) is 0 Å². The molecular formula is C11H13BrN2O4. The SMILES string of the molecule is COC(=O)C(COc1cncc(Br)c1)NC(C)=O. The van der Waals surface area contributed by atoms with Crippen molar-refractivity contribution in [3.63, 3.8) is 0 Å². The van der Waals surface area contributed by atoms with Crippen LogP contribution in [-0.4, -0.2) is 36.6 Å². The zero-order valence-electron chi connectivity index (χ0n) is 9.97. The number of ether oxygens (including phenoxy) is 2. The average molecular weight is 317 g/mol. The third-order valence-electron chi connectivity index (χ3n) is 1.96. The van der Waals surface area contributed by atoms with E-state index < -0.39 is 12.0 Å². The summed E-state index contributed by atoms with van der Waals surface area (Å²) in [5.74, 6) is -0.404. The minimum Gasteiger partial charge on any atom is -0.489 e. The number of halogens is 1. The number of carbonyl (C=O) groups is 2. The molecule has 0 saturated carbocycles. The van der Waals surface area contributed by atoms with Crippen molar-refractivity contribution < 1.29 is 19.1 Å². The third kappa shape index (κ3) is 4.70. The van der Waals surface area contributed by atoms with Crippen molar-refractivity contribution in [1.29, 1.82) is 0 Å². The van der Waals surface area contributed by atoms with Crippen molar-refractivity contribution in [2.75, 3.05) is 13.7 Å². The Bertz CT molecular complexity index is 439. The van der Waals surface area contributed by atoms with Gasteiger partial charge in [-0.15, -0.1) is 0 Å². The zero-order chi connectivity index (χ0) is 13.5. The van der Waals surface area contributed by atoms with Gasteiger partial charge in [-0.25, -0.2) is 4.79 Å². The second-order valence-electron chi connectivity index (χ2n) is 3.43. The third-order valence-corrected chi connectivity index (χ3v) is 2.39. The summed E-state index contributed by atoms with van der Waals surface area (Å²) in [6.07, 6.45) is 3.12. The van der Waals surface area contributed by atoms with Gasteiger partial charge in [0.1, 0.15) is 12.4 Å². The van der Waals surface area contributed by atoms with Gasteiger partial charge in [-0.3, -0.25) is 9.78 Å². The van der Waals surface area contributed by atoms with Crippen LogP contribution in [0.4, 0.5) is 0 Å². The molecule has 0 aromatic carbocycles. The summed E-state index contributed by atoms with van der Waals surface area (Å²) in [6.45, 7) is 1.29. The minimum atomic E-state index is -0.841. The molecular weight excluding hydrogens is 304 g/mol. The zero-order valence-corrected chi connectivity index (χ0v) is 11.6. The molecule has 1 unspecified atom stereocenters. The molecule has 0 radical (unpaired) electrons. The van der Waals surface area contributed by atoms with Crippen molar-refractivity contribution >= 4 is 27.8 Å². The van der Waals surface area contributed by atoms with Crippen LogP contribution in [0.5, 0.6) is 5.75 Å². The first-order valence-corrected chi connectivity index (χ1v) is 5.90. The highest BCUT2D eigenvalue weighted by atomic mass is 79.9. The first-order chi connectivity index (χ1) is 8.52. The van der Waals surface area contributed by atoms with Crippen LogP contribution in [0.2, 0.25) is 0 Å². The second-order valence-corrected chi connectivity index (χ2v) is 4.34. The highest BCUT2D eigenvalue weighted by Gasteiger charge is 2.20. The molecule has 0 fully saturated rings. The standard InChI is InChI=1S/C11H13BrN2O4/c1-7(15)14-10(11(16)17-2)6-18-9-3-8(12)4-13-5-9/h3-5,10H,6H2,1-2H3,(H,14,15). The predicted molar refractivity (Wildman–Crippen MR) is 67.1 cm³/mol. The summed E-state index contributed by atoms with van der Waals surface area (Å²) in [6, 6.07) is 0.862. The van der Waals surface area contributed by atoms with E-state index in [0.717, 1.165) is 4.47 Å². The van der Waals surface area contributed by atoms with E-state index in [1.807, 2.05) is 0 Å². The lowest BCUT2D eigenvalue weighted by Crippen LogP contribution is -2.44.